The molecular formula is C14H14FN3S. The van der Waals surface area contributed by atoms with Crippen molar-refractivity contribution < 1.29 is 4.39 Å². The fourth-order valence-corrected chi connectivity index (χ4v) is 1.92. The first-order chi connectivity index (χ1) is 9.08. The van der Waals surface area contributed by atoms with Gasteiger partial charge in [0.2, 0.25) is 0 Å². The van der Waals surface area contributed by atoms with E-state index in [1.54, 1.807) is 30.5 Å². The van der Waals surface area contributed by atoms with Crippen molar-refractivity contribution in [2.75, 3.05) is 5.32 Å². The summed E-state index contributed by atoms with van der Waals surface area (Å²) in [5, 5.41) is 3.20. The van der Waals surface area contributed by atoms with Gasteiger partial charge in [0.05, 0.1) is 11.7 Å². The van der Waals surface area contributed by atoms with Crippen LogP contribution in [0.3, 0.4) is 0 Å². The number of nitrogens with one attached hydrogen (secondary N) is 1. The van der Waals surface area contributed by atoms with E-state index in [9.17, 15) is 4.39 Å². The van der Waals surface area contributed by atoms with E-state index in [2.05, 4.69) is 10.3 Å². The molecule has 0 saturated heterocycles. The van der Waals surface area contributed by atoms with Gasteiger partial charge < -0.3 is 11.1 Å². The van der Waals surface area contributed by atoms with Gasteiger partial charge >= 0.3 is 0 Å². The molecule has 19 heavy (non-hydrogen) atoms. The number of benzene rings is 1. The highest BCUT2D eigenvalue weighted by molar-refractivity contribution is 7.80. The van der Waals surface area contributed by atoms with Crippen LogP contribution in [0.1, 0.15) is 24.2 Å². The number of halogens is 1. The summed E-state index contributed by atoms with van der Waals surface area (Å²) in [4.78, 5) is 4.29. The third kappa shape index (κ3) is 3.26. The molecular weight excluding hydrogens is 261 g/mol. The lowest BCUT2D eigenvalue weighted by Gasteiger charge is -2.16. The molecule has 1 atom stereocenters. The minimum Gasteiger partial charge on any atom is -0.388 e. The van der Waals surface area contributed by atoms with Crippen LogP contribution in [0.4, 0.5) is 10.1 Å². The van der Waals surface area contributed by atoms with Crippen LogP contribution in [0.25, 0.3) is 0 Å². The van der Waals surface area contributed by atoms with Crippen molar-refractivity contribution in [2.24, 2.45) is 5.73 Å². The molecule has 0 aliphatic rings. The molecule has 98 valence electrons. The third-order valence-corrected chi connectivity index (χ3v) is 2.98. The van der Waals surface area contributed by atoms with Crippen molar-refractivity contribution in [2.45, 2.75) is 13.0 Å². The minimum absolute atomic E-state index is 0.164. The highest BCUT2D eigenvalue weighted by Gasteiger charge is 2.10. The van der Waals surface area contributed by atoms with Crippen molar-refractivity contribution in [1.29, 1.82) is 0 Å². The molecule has 0 fully saturated rings. The molecule has 0 spiro atoms. The molecule has 3 nitrogen and oxygen atoms in total. The lowest BCUT2D eigenvalue weighted by atomic mass is 10.1. The molecule has 1 aromatic carbocycles. The second-order valence-electron chi connectivity index (χ2n) is 4.18. The summed E-state index contributed by atoms with van der Waals surface area (Å²) >= 11 is 4.88. The molecule has 1 heterocycles. The van der Waals surface area contributed by atoms with E-state index in [4.69, 9.17) is 18.0 Å². The Bertz CT molecular complexity index is 601. The fraction of sp³-hybridized carbons (Fsp3) is 0.143. The molecule has 0 radical (unpaired) electrons. The van der Waals surface area contributed by atoms with Crippen LogP contribution >= 0.6 is 12.2 Å². The summed E-state index contributed by atoms with van der Waals surface area (Å²) in [7, 11) is 0. The zero-order valence-electron chi connectivity index (χ0n) is 10.4. The lowest BCUT2D eigenvalue weighted by molar-refractivity contribution is 0.600. The van der Waals surface area contributed by atoms with E-state index in [1.807, 2.05) is 13.0 Å². The molecule has 1 unspecified atom stereocenters. The van der Waals surface area contributed by atoms with Crippen LogP contribution in [0, 0.1) is 5.82 Å². The number of rotatable bonds is 4. The summed E-state index contributed by atoms with van der Waals surface area (Å²) in [6.45, 7) is 1.89. The van der Waals surface area contributed by atoms with Gasteiger partial charge in [-0.3, -0.25) is 4.98 Å². The SMILES string of the molecule is CC(Nc1ccnc(C(N)=S)c1)c1ccccc1F. The van der Waals surface area contributed by atoms with Gasteiger partial charge in [0.25, 0.3) is 0 Å². The zero-order valence-corrected chi connectivity index (χ0v) is 11.2. The van der Waals surface area contributed by atoms with E-state index in [0.29, 0.717) is 11.3 Å². The molecule has 5 heteroatoms. The van der Waals surface area contributed by atoms with Gasteiger partial charge in [0.1, 0.15) is 10.8 Å². The molecule has 0 saturated carbocycles. The summed E-state index contributed by atoms with van der Waals surface area (Å²) in [6, 6.07) is 10.1. The third-order valence-electron chi connectivity index (χ3n) is 2.77. The van der Waals surface area contributed by atoms with Crippen LogP contribution < -0.4 is 11.1 Å². The number of hydrogen-bond donors (Lipinski definition) is 2. The first kappa shape index (κ1) is 13.4. The van der Waals surface area contributed by atoms with Crippen LogP contribution in [0.2, 0.25) is 0 Å². The van der Waals surface area contributed by atoms with E-state index in [1.165, 1.54) is 6.07 Å². The first-order valence-electron chi connectivity index (χ1n) is 5.84. The number of pyridine rings is 1. The zero-order chi connectivity index (χ0) is 13.8. The van der Waals surface area contributed by atoms with E-state index < -0.39 is 0 Å². The Morgan fingerprint density at radius 3 is 2.79 bits per heavy atom. The van der Waals surface area contributed by atoms with Gasteiger partial charge in [-0.1, -0.05) is 30.4 Å². The monoisotopic (exact) mass is 275 g/mol. The minimum atomic E-state index is -0.230. The Balaban J connectivity index is 2.19. The normalized spacial score (nSPS) is 11.9. The van der Waals surface area contributed by atoms with Crippen molar-refractivity contribution in [3.8, 4) is 0 Å². The van der Waals surface area contributed by atoms with Crippen molar-refractivity contribution in [1.82, 2.24) is 4.98 Å². The lowest BCUT2D eigenvalue weighted by Crippen LogP contribution is -2.13. The Morgan fingerprint density at radius 2 is 2.11 bits per heavy atom. The molecule has 0 aliphatic carbocycles. The van der Waals surface area contributed by atoms with Gasteiger partial charge in [0, 0.05) is 17.4 Å². The number of hydrogen-bond acceptors (Lipinski definition) is 3. The molecule has 1 aromatic heterocycles. The summed E-state index contributed by atoms with van der Waals surface area (Å²) in [5.41, 5.74) is 7.48. The standard InChI is InChI=1S/C14H14FN3S/c1-9(11-4-2-3-5-12(11)15)18-10-6-7-17-13(8-10)14(16)19/h2-9H,1H3,(H2,16,19)(H,17,18). The Morgan fingerprint density at radius 1 is 1.37 bits per heavy atom. The van der Waals surface area contributed by atoms with Gasteiger partial charge in [-0.15, -0.1) is 0 Å². The summed E-state index contributed by atoms with van der Waals surface area (Å²) in [6.07, 6.45) is 1.62. The molecule has 2 rings (SSSR count). The van der Waals surface area contributed by atoms with Crippen LogP contribution in [-0.2, 0) is 0 Å². The largest absolute Gasteiger partial charge is 0.388 e. The average molecular weight is 275 g/mol. The summed E-state index contributed by atoms with van der Waals surface area (Å²) in [5.74, 6) is -0.230. The number of nitrogens with zero attached hydrogens (tertiary/aromatic N) is 1. The van der Waals surface area contributed by atoms with Crippen molar-refractivity contribution in [3.63, 3.8) is 0 Å². The number of anilines is 1. The number of thiocarbonyl (C=S) groups is 1. The Kier molecular flexibility index (Phi) is 4.06. The topological polar surface area (TPSA) is 50.9 Å². The summed E-state index contributed by atoms with van der Waals surface area (Å²) < 4.78 is 13.7. The smallest absolute Gasteiger partial charge is 0.128 e. The first-order valence-corrected chi connectivity index (χ1v) is 6.25. The molecule has 0 amide bonds. The van der Waals surface area contributed by atoms with Crippen LogP contribution in [-0.4, -0.2) is 9.97 Å². The maximum absolute atomic E-state index is 13.7. The van der Waals surface area contributed by atoms with Crippen molar-refractivity contribution in [3.05, 3.63) is 59.7 Å². The van der Waals surface area contributed by atoms with Gasteiger partial charge in [0.15, 0.2) is 0 Å². The highest BCUT2D eigenvalue weighted by atomic mass is 32.1. The average Bonchev–Trinajstić information content (AvgIpc) is 2.39. The molecule has 0 aliphatic heterocycles. The Hall–Kier alpha value is -2.01. The molecule has 2 aromatic rings. The van der Waals surface area contributed by atoms with Gasteiger partial charge in [-0.25, -0.2) is 4.39 Å². The van der Waals surface area contributed by atoms with Gasteiger partial charge in [-0.2, -0.15) is 0 Å². The molecule has 3 N–H and O–H groups in total. The maximum Gasteiger partial charge on any atom is 0.128 e. The predicted molar refractivity (Wildman–Crippen MR) is 78.6 cm³/mol. The van der Waals surface area contributed by atoms with E-state index >= 15 is 0 Å². The van der Waals surface area contributed by atoms with Crippen LogP contribution in [0.15, 0.2) is 42.6 Å². The number of nitrogens with two attached hydrogens (primary N) is 1. The predicted octanol–water partition coefficient (Wildman–Crippen LogP) is 3.03. The highest BCUT2D eigenvalue weighted by Crippen LogP contribution is 2.21. The van der Waals surface area contributed by atoms with Crippen LogP contribution in [0.5, 0.6) is 0 Å². The Labute approximate surface area is 116 Å². The van der Waals surface area contributed by atoms with Gasteiger partial charge in [-0.05, 0) is 25.1 Å². The van der Waals surface area contributed by atoms with E-state index in [0.717, 1.165) is 5.69 Å². The fourth-order valence-electron chi connectivity index (χ4n) is 1.81. The second kappa shape index (κ2) is 5.75. The van der Waals surface area contributed by atoms with E-state index in [-0.39, 0.29) is 16.8 Å². The number of aromatic nitrogens is 1. The maximum atomic E-state index is 13.7. The molecule has 0 bridgehead atoms. The second-order valence-corrected chi connectivity index (χ2v) is 4.62. The quantitative estimate of drug-likeness (QED) is 0.842. The van der Waals surface area contributed by atoms with Crippen molar-refractivity contribution >= 4 is 22.9 Å².